The first-order valence-electron chi connectivity index (χ1n) is 11.4. The summed E-state index contributed by atoms with van der Waals surface area (Å²) in [4.78, 5) is 21.5. The number of aromatic nitrogens is 4. The van der Waals surface area contributed by atoms with E-state index in [1.54, 1.807) is 6.07 Å². The van der Waals surface area contributed by atoms with Crippen LogP contribution in [-0.4, -0.2) is 62.9 Å². The van der Waals surface area contributed by atoms with Crippen molar-refractivity contribution in [3.8, 4) is 22.6 Å². The van der Waals surface area contributed by atoms with E-state index < -0.39 is 23.0 Å². The van der Waals surface area contributed by atoms with Crippen LogP contribution in [0.1, 0.15) is 11.5 Å². The molecule has 0 saturated carbocycles. The molecule has 0 amide bonds. The van der Waals surface area contributed by atoms with Crippen LogP contribution in [0.2, 0.25) is 0 Å². The molecule has 1 fully saturated rings. The molecule has 0 spiro atoms. The predicted molar refractivity (Wildman–Crippen MR) is 125 cm³/mol. The van der Waals surface area contributed by atoms with Crippen molar-refractivity contribution >= 4 is 0 Å². The molecule has 0 unspecified atom stereocenters. The molecule has 0 atom stereocenters. The molecule has 1 aliphatic rings. The van der Waals surface area contributed by atoms with E-state index in [2.05, 4.69) is 32.1 Å². The van der Waals surface area contributed by atoms with Crippen LogP contribution in [-0.2, 0) is 13.1 Å². The third-order valence-electron chi connectivity index (χ3n) is 6.09. The maximum absolute atomic E-state index is 13.7. The number of halogens is 3. The molecule has 11 heteroatoms. The second-order valence-corrected chi connectivity index (χ2v) is 8.76. The van der Waals surface area contributed by atoms with E-state index in [9.17, 15) is 18.0 Å². The fourth-order valence-electron chi connectivity index (χ4n) is 4.03. The molecule has 4 aromatic rings. The first kappa shape index (κ1) is 23.9. The van der Waals surface area contributed by atoms with Gasteiger partial charge in [-0.2, -0.15) is 10.1 Å². The van der Waals surface area contributed by atoms with E-state index in [0.717, 1.165) is 43.9 Å². The summed E-state index contributed by atoms with van der Waals surface area (Å²) in [5, 5.41) is 8.32. The van der Waals surface area contributed by atoms with Gasteiger partial charge in [-0.3, -0.25) is 9.69 Å². The van der Waals surface area contributed by atoms with Crippen molar-refractivity contribution in [2.45, 2.75) is 13.1 Å². The molecule has 1 saturated heterocycles. The molecule has 0 aliphatic carbocycles. The highest BCUT2D eigenvalue weighted by Gasteiger charge is 2.18. The van der Waals surface area contributed by atoms with Crippen LogP contribution >= 0.6 is 0 Å². The molecule has 3 heterocycles. The standard InChI is InChI=1S/C25H23F3N6O2/c1-32-7-9-33(10-8-32)15-22-29-25(31-36-22)17-4-2-3-16(11-17)14-34-23(35)6-5-21(30-34)18-12-19(26)24(28)20(27)13-18/h2-6,11-13H,7-10,14-15H2,1H3. The lowest BCUT2D eigenvalue weighted by molar-refractivity contribution is 0.135. The lowest BCUT2D eigenvalue weighted by Gasteiger charge is -2.31. The summed E-state index contributed by atoms with van der Waals surface area (Å²) < 4.78 is 47.3. The van der Waals surface area contributed by atoms with E-state index in [0.29, 0.717) is 23.8 Å². The third-order valence-corrected chi connectivity index (χ3v) is 6.09. The Morgan fingerprint density at radius 3 is 2.42 bits per heavy atom. The monoisotopic (exact) mass is 496 g/mol. The smallest absolute Gasteiger partial charge is 0.267 e. The SMILES string of the molecule is CN1CCN(Cc2nc(-c3cccc(Cn4nc(-c5cc(F)c(F)c(F)c5)ccc4=O)c3)no2)CC1. The molecule has 8 nitrogen and oxygen atoms in total. The van der Waals surface area contributed by atoms with Gasteiger partial charge in [-0.25, -0.2) is 17.9 Å². The summed E-state index contributed by atoms with van der Waals surface area (Å²) in [6.45, 7) is 4.52. The zero-order valence-corrected chi connectivity index (χ0v) is 19.5. The minimum absolute atomic E-state index is 0.0218. The Labute approximate surface area is 204 Å². The Bertz CT molecular complexity index is 1420. The number of hydrogen-bond donors (Lipinski definition) is 0. The normalized spacial score (nSPS) is 14.9. The second-order valence-electron chi connectivity index (χ2n) is 8.76. The van der Waals surface area contributed by atoms with Crippen molar-refractivity contribution in [1.29, 1.82) is 0 Å². The van der Waals surface area contributed by atoms with Gasteiger partial charge in [0.25, 0.3) is 5.56 Å². The molecular formula is C25H23F3N6O2. The van der Waals surface area contributed by atoms with E-state index in [1.807, 2.05) is 18.2 Å². The van der Waals surface area contributed by atoms with Crippen molar-refractivity contribution < 1.29 is 17.7 Å². The van der Waals surface area contributed by atoms with Crippen LogP contribution in [0.15, 0.2) is 57.8 Å². The van der Waals surface area contributed by atoms with Gasteiger partial charge in [0, 0.05) is 43.4 Å². The van der Waals surface area contributed by atoms with Gasteiger partial charge in [0.15, 0.2) is 17.5 Å². The minimum Gasteiger partial charge on any atom is -0.338 e. The van der Waals surface area contributed by atoms with Gasteiger partial charge in [0.2, 0.25) is 11.7 Å². The Balaban J connectivity index is 1.34. The molecular weight excluding hydrogens is 473 g/mol. The summed E-state index contributed by atoms with van der Waals surface area (Å²) in [7, 11) is 2.09. The molecule has 1 aliphatic heterocycles. The summed E-state index contributed by atoms with van der Waals surface area (Å²) in [6, 6.07) is 11.5. The summed E-state index contributed by atoms with van der Waals surface area (Å²) >= 11 is 0. The topological polar surface area (TPSA) is 80.3 Å². The molecule has 186 valence electrons. The molecule has 2 aromatic carbocycles. The van der Waals surface area contributed by atoms with Gasteiger partial charge in [-0.05, 0) is 36.9 Å². The van der Waals surface area contributed by atoms with Gasteiger partial charge in [0.1, 0.15) is 0 Å². The largest absolute Gasteiger partial charge is 0.338 e. The second kappa shape index (κ2) is 10.0. The fraction of sp³-hybridized carbons (Fsp3) is 0.280. The van der Waals surface area contributed by atoms with Crippen LogP contribution in [0, 0.1) is 17.5 Å². The van der Waals surface area contributed by atoms with Crippen LogP contribution in [0.3, 0.4) is 0 Å². The molecule has 5 rings (SSSR count). The van der Waals surface area contributed by atoms with E-state index in [1.165, 1.54) is 16.8 Å². The quantitative estimate of drug-likeness (QED) is 0.380. The number of nitrogens with zero attached hydrogens (tertiary/aromatic N) is 6. The molecule has 2 aromatic heterocycles. The maximum atomic E-state index is 13.7. The zero-order chi connectivity index (χ0) is 25.2. The fourth-order valence-corrected chi connectivity index (χ4v) is 4.03. The number of likely N-dealkylation sites (N-methyl/N-ethyl adjacent to an activating group) is 1. The lowest BCUT2D eigenvalue weighted by atomic mass is 10.1. The van der Waals surface area contributed by atoms with Gasteiger partial charge < -0.3 is 9.42 Å². The van der Waals surface area contributed by atoms with Crippen molar-refractivity contribution in [2.24, 2.45) is 0 Å². The molecule has 36 heavy (non-hydrogen) atoms. The highest BCUT2D eigenvalue weighted by atomic mass is 19.2. The Kier molecular flexibility index (Phi) is 6.66. The highest BCUT2D eigenvalue weighted by Crippen LogP contribution is 2.22. The van der Waals surface area contributed by atoms with Crippen LogP contribution in [0.5, 0.6) is 0 Å². The van der Waals surface area contributed by atoms with Crippen LogP contribution in [0.25, 0.3) is 22.6 Å². The first-order chi connectivity index (χ1) is 17.4. The van der Waals surface area contributed by atoms with Gasteiger partial charge in [-0.15, -0.1) is 0 Å². The average Bonchev–Trinajstić information content (AvgIpc) is 3.34. The Morgan fingerprint density at radius 1 is 0.917 bits per heavy atom. The summed E-state index contributed by atoms with van der Waals surface area (Å²) in [6.07, 6.45) is 0. The van der Waals surface area contributed by atoms with Gasteiger partial charge in [0.05, 0.1) is 18.8 Å². The van der Waals surface area contributed by atoms with Crippen molar-refractivity contribution in [3.05, 3.63) is 87.8 Å². The third kappa shape index (κ3) is 5.21. The van der Waals surface area contributed by atoms with Crippen molar-refractivity contribution in [1.82, 2.24) is 29.7 Å². The van der Waals surface area contributed by atoms with Crippen molar-refractivity contribution in [3.63, 3.8) is 0 Å². The average molecular weight is 496 g/mol. The van der Waals surface area contributed by atoms with E-state index in [4.69, 9.17) is 4.52 Å². The number of piperazine rings is 1. The van der Waals surface area contributed by atoms with E-state index >= 15 is 0 Å². The maximum Gasteiger partial charge on any atom is 0.267 e. The first-order valence-corrected chi connectivity index (χ1v) is 11.4. The highest BCUT2D eigenvalue weighted by molar-refractivity contribution is 5.58. The Morgan fingerprint density at radius 2 is 1.67 bits per heavy atom. The van der Waals surface area contributed by atoms with Crippen molar-refractivity contribution in [2.75, 3.05) is 33.2 Å². The van der Waals surface area contributed by atoms with Crippen LogP contribution < -0.4 is 5.56 Å². The van der Waals surface area contributed by atoms with Gasteiger partial charge in [-0.1, -0.05) is 23.4 Å². The lowest BCUT2D eigenvalue weighted by Crippen LogP contribution is -2.43. The predicted octanol–water partition coefficient (Wildman–Crippen LogP) is 3.17. The van der Waals surface area contributed by atoms with Gasteiger partial charge >= 0.3 is 0 Å². The molecule has 0 N–H and O–H groups in total. The van der Waals surface area contributed by atoms with Crippen LogP contribution in [0.4, 0.5) is 13.2 Å². The number of rotatable bonds is 6. The summed E-state index contributed by atoms with van der Waals surface area (Å²) in [5.74, 6) is -3.25. The molecule has 0 radical (unpaired) electrons. The Hall–Kier alpha value is -3.83. The zero-order valence-electron chi connectivity index (χ0n) is 19.5. The minimum atomic E-state index is -1.56. The number of hydrogen-bond acceptors (Lipinski definition) is 7. The molecule has 0 bridgehead atoms. The summed E-state index contributed by atoms with van der Waals surface area (Å²) in [5.41, 5.74) is 1.21. The van der Waals surface area contributed by atoms with E-state index in [-0.39, 0.29) is 17.8 Å². The number of benzene rings is 2.